The van der Waals surface area contributed by atoms with Crippen LogP contribution >= 0.6 is 0 Å². The lowest BCUT2D eigenvalue weighted by atomic mass is 10.1. The molecule has 0 aliphatic rings. The van der Waals surface area contributed by atoms with E-state index in [4.69, 9.17) is 4.74 Å². The van der Waals surface area contributed by atoms with Crippen LogP contribution in [0.1, 0.15) is 5.56 Å². The molecule has 0 aliphatic carbocycles. The molecule has 0 saturated carbocycles. The van der Waals surface area contributed by atoms with E-state index in [9.17, 15) is 13.2 Å². The third kappa shape index (κ3) is 2.65. The van der Waals surface area contributed by atoms with Gasteiger partial charge >= 0.3 is 6.43 Å². The number of benzene rings is 1. The van der Waals surface area contributed by atoms with E-state index in [-0.39, 0.29) is 5.56 Å². The molecule has 71 valence electrons. The molecule has 0 bridgehead atoms. The van der Waals surface area contributed by atoms with Crippen LogP contribution in [-0.2, 0) is 6.42 Å². The summed E-state index contributed by atoms with van der Waals surface area (Å²) in [6.07, 6.45) is -2.44. The van der Waals surface area contributed by atoms with Gasteiger partial charge in [-0.3, -0.25) is 0 Å². The summed E-state index contributed by atoms with van der Waals surface area (Å²) >= 11 is 0. The van der Waals surface area contributed by atoms with Crippen LogP contribution in [0.4, 0.5) is 13.2 Å². The van der Waals surface area contributed by atoms with Gasteiger partial charge in [-0.25, -0.2) is 4.39 Å². The Balaban J connectivity index is 2.85. The lowest BCUT2D eigenvalue weighted by molar-refractivity contribution is 0.280. The molecule has 1 aromatic rings. The lowest BCUT2D eigenvalue weighted by Gasteiger charge is -2.03. The van der Waals surface area contributed by atoms with E-state index in [1.54, 1.807) is 0 Å². The van der Waals surface area contributed by atoms with Crippen molar-refractivity contribution >= 4 is 0 Å². The van der Waals surface area contributed by atoms with E-state index in [0.29, 0.717) is 5.75 Å². The monoisotopic (exact) mass is 189 g/mol. The normalized spacial score (nSPS) is 10.5. The van der Waals surface area contributed by atoms with Crippen molar-refractivity contribution < 1.29 is 17.9 Å². The molecule has 0 heterocycles. The van der Waals surface area contributed by atoms with Gasteiger partial charge in [-0.05, 0) is 11.6 Å². The predicted octanol–water partition coefficient (Wildman–Crippen LogP) is 2.81. The predicted molar refractivity (Wildman–Crippen MR) is 42.1 cm³/mol. The molecule has 1 aromatic carbocycles. The quantitative estimate of drug-likeness (QED) is 0.710. The molecule has 0 amide bonds. The van der Waals surface area contributed by atoms with E-state index in [0.717, 1.165) is 6.07 Å². The fraction of sp³-hybridized carbons (Fsp3) is 0.222. The van der Waals surface area contributed by atoms with Crippen LogP contribution in [0.15, 0.2) is 18.2 Å². The summed E-state index contributed by atoms with van der Waals surface area (Å²) in [6.45, 7) is 0. The first-order valence-corrected chi connectivity index (χ1v) is 3.62. The molecule has 1 rings (SSSR count). The van der Waals surface area contributed by atoms with Crippen LogP contribution in [0.5, 0.6) is 5.75 Å². The van der Waals surface area contributed by atoms with Crippen LogP contribution in [0.25, 0.3) is 0 Å². The van der Waals surface area contributed by atoms with Crippen molar-refractivity contribution in [3.63, 3.8) is 0 Å². The Morgan fingerprint density at radius 3 is 2.54 bits per heavy atom. The molecule has 0 spiro atoms. The molecular formula is C9H8F3O. The van der Waals surface area contributed by atoms with Gasteiger partial charge in [0.05, 0.1) is 7.11 Å². The number of rotatable bonds is 3. The number of hydrogen-bond donors (Lipinski definition) is 0. The smallest absolute Gasteiger partial charge is 0.314 e. The molecule has 13 heavy (non-hydrogen) atoms. The van der Waals surface area contributed by atoms with E-state index >= 15 is 0 Å². The second-order valence-corrected chi connectivity index (χ2v) is 2.47. The maximum absolute atomic E-state index is 13.0. The maximum Gasteiger partial charge on any atom is 0.314 e. The SMILES string of the molecule is COc1ccc(C[C](F)F)c(F)c1. The van der Waals surface area contributed by atoms with Crippen LogP contribution in [0, 0.1) is 12.2 Å². The molecule has 0 N–H and O–H groups in total. The van der Waals surface area contributed by atoms with Crippen molar-refractivity contribution in [2.24, 2.45) is 0 Å². The fourth-order valence-corrected chi connectivity index (χ4v) is 0.942. The first-order chi connectivity index (χ1) is 6.13. The summed E-state index contributed by atoms with van der Waals surface area (Å²) in [5.74, 6) is -0.354. The van der Waals surface area contributed by atoms with E-state index in [1.165, 1.54) is 19.2 Å². The highest BCUT2D eigenvalue weighted by atomic mass is 19.3. The third-order valence-electron chi connectivity index (χ3n) is 1.58. The van der Waals surface area contributed by atoms with Gasteiger partial charge in [0.2, 0.25) is 0 Å². The van der Waals surface area contributed by atoms with Crippen molar-refractivity contribution in [2.45, 2.75) is 6.42 Å². The lowest BCUT2D eigenvalue weighted by Crippen LogP contribution is -1.94. The molecule has 0 aliphatic heterocycles. The minimum atomic E-state index is -1.80. The van der Waals surface area contributed by atoms with E-state index in [2.05, 4.69) is 0 Å². The Morgan fingerprint density at radius 2 is 2.08 bits per heavy atom. The van der Waals surface area contributed by atoms with Gasteiger partial charge in [0, 0.05) is 12.5 Å². The molecule has 0 unspecified atom stereocenters. The molecule has 0 aromatic heterocycles. The van der Waals surface area contributed by atoms with Crippen LogP contribution in [-0.4, -0.2) is 7.11 Å². The van der Waals surface area contributed by atoms with Crippen molar-refractivity contribution in [1.82, 2.24) is 0 Å². The highest BCUT2D eigenvalue weighted by Crippen LogP contribution is 2.20. The topological polar surface area (TPSA) is 9.23 Å². The van der Waals surface area contributed by atoms with Gasteiger partial charge in [0.15, 0.2) is 0 Å². The zero-order valence-electron chi connectivity index (χ0n) is 6.98. The Kier molecular flexibility index (Phi) is 3.17. The summed E-state index contributed by atoms with van der Waals surface area (Å²) in [6, 6.07) is 3.81. The highest BCUT2D eigenvalue weighted by Gasteiger charge is 2.11. The summed E-state index contributed by atoms with van der Waals surface area (Å²) in [4.78, 5) is 0. The first kappa shape index (κ1) is 9.89. The molecule has 0 atom stereocenters. The van der Waals surface area contributed by atoms with Crippen molar-refractivity contribution in [2.75, 3.05) is 7.11 Å². The van der Waals surface area contributed by atoms with Crippen molar-refractivity contribution in [3.8, 4) is 5.75 Å². The number of ether oxygens (including phenoxy) is 1. The van der Waals surface area contributed by atoms with Crippen LogP contribution in [0.2, 0.25) is 0 Å². The van der Waals surface area contributed by atoms with Gasteiger partial charge in [-0.2, -0.15) is 8.78 Å². The molecule has 1 radical (unpaired) electrons. The number of hydrogen-bond acceptors (Lipinski definition) is 1. The summed E-state index contributed by atoms with van der Waals surface area (Å²) in [7, 11) is 1.39. The van der Waals surface area contributed by atoms with E-state index in [1.807, 2.05) is 0 Å². The second-order valence-electron chi connectivity index (χ2n) is 2.47. The molecule has 0 saturated heterocycles. The number of methoxy groups -OCH3 is 1. The average molecular weight is 189 g/mol. The summed E-state index contributed by atoms with van der Waals surface area (Å²) in [5, 5.41) is 0. The summed E-state index contributed by atoms with van der Waals surface area (Å²) < 4.78 is 41.3. The average Bonchev–Trinajstić information content (AvgIpc) is 2.08. The molecule has 1 nitrogen and oxygen atoms in total. The zero-order chi connectivity index (χ0) is 9.84. The Bertz CT molecular complexity index is 286. The molecular weight excluding hydrogens is 181 g/mol. The van der Waals surface area contributed by atoms with Crippen LogP contribution in [0.3, 0.4) is 0 Å². The maximum atomic E-state index is 13.0. The van der Waals surface area contributed by atoms with Gasteiger partial charge in [-0.15, -0.1) is 0 Å². The Morgan fingerprint density at radius 1 is 1.38 bits per heavy atom. The second kappa shape index (κ2) is 4.16. The van der Waals surface area contributed by atoms with Gasteiger partial charge in [-0.1, -0.05) is 6.07 Å². The first-order valence-electron chi connectivity index (χ1n) is 3.62. The molecule has 0 fully saturated rings. The van der Waals surface area contributed by atoms with Crippen molar-refractivity contribution in [1.29, 1.82) is 0 Å². The van der Waals surface area contributed by atoms with Gasteiger partial charge < -0.3 is 4.74 Å². The zero-order valence-corrected chi connectivity index (χ0v) is 6.98. The molecule has 4 heteroatoms. The standard InChI is InChI=1S/C9H8F3O/c1-13-7-3-2-6(4-9(11)12)8(10)5-7/h2-3,5H,4H2,1H3. The highest BCUT2D eigenvalue weighted by molar-refractivity contribution is 5.29. The fourth-order valence-electron chi connectivity index (χ4n) is 0.942. The summed E-state index contributed by atoms with van der Waals surface area (Å²) in [5.41, 5.74) is -0.0270. The minimum Gasteiger partial charge on any atom is -0.497 e. The van der Waals surface area contributed by atoms with Gasteiger partial charge in [0.25, 0.3) is 0 Å². The van der Waals surface area contributed by atoms with Crippen molar-refractivity contribution in [3.05, 3.63) is 36.0 Å². The minimum absolute atomic E-state index is 0.0270. The Labute approximate surface area is 74.1 Å². The largest absolute Gasteiger partial charge is 0.497 e. The van der Waals surface area contributed by atoms with Gasteiger partial charge in [0.1, 0.15) is 11.6 Å². The Hall–Kier alpha value is -1.19. The van der Waals surface area contributed by atoms with E-state index < -0.39 is 18.7 Å². The third-order valence-corrected chi connectivity index (χ3v) is 1.58. The number of halogens is 3. The van der Waals surface area contributed by atoms with Crippen LogP contribution < -0.4 is 4.74 Å².